The fourth-order valence-corrected chi connectivity index (χ4v) is 2.45. The number of nitrogens with one attached hydrogen (secondary N) is 2. The summed E-state index contributed by atoms with van der Waals surface area (Å²) in [7, 11) is 0. The number of benzene rings is 1. The number of furan rings is 1. The molecule has 0 saturated heterocycles. The largest absolute Gasteiger partial charge is 0.467 e. The van der Waals surface area contributed by atoms with Crippen LogP contribution in [0.4, 0.5) is 5.82 Å². The predicted octanol–water partition coefficient (Wildman–Crippen LogP) is 3.31. The SMILES string of the molecule is O=C(NCc1ccco1)c1cnc(NCCc2cccc(Cl)c2)cn1. The number of halogens is 1. The van der Waals surface area contributed by atoms with Gasteiger partial charge in [0, 0.05) is 11.6 Å². The predicted molar refractivity (Wildman–Crippen MR) is 95.6 cm³/mol. The zero-order chi connectivity index (χ0) is 17.5. The molecule has 2 N–H and O–H groups in total. The monoisotopic (exact) mass is 356 g/mol. The van der Waals surface area contributed by atoms with Gasteiger partial charge < -0.3 is 15.1 Å². The molecule has 3 rings (SSSR count). The average molecular weight is 357 g/mol. The van der Waals surface area contributed by atoms with Crippen molar-refractivity contribution in [3.63, 3.8) is 0 Å². The molecule has 0 aliphatic carbocycles. The van der Waals surface area contributed by atoms with Gasteiger partial charge in [-0.2, -0.15) is 0 Å². The Morgan fingerprint density at radius 1 is 1.16 bits per heavy atom. The van der Waals surface area contributed by atoms with E-state index >= 15 is 0 Å². The van der Waals surface area contributed by atoms with Crippen LogP contribution in [-0.2, 0) is 13.0 Å². The molecule has 6 nitrogen and oxygen atoms in total. The topological polar surface area (TPSA) is 80.0 Å². The Bertz CT molecular complexity index is 819. The molecule has 0 unspecified atom stereocenters. The molecule has 1 aromatic carbocycles. The van der Waals surface area contributed by atoms with Crippen molar-refractivity contribution in [2.75, 3.05) is 11.9 Å². The molecule has 0 spiro atoms. The number of carbonyl (C=O) groups excluding carboxylic acids is 1. The highest BCUT2D eigenvalue weighted by Crippen LogP contribution is 2.11. The molecule has 7 heteroatoms. The van der Waals surface area contributed by atoms with Crippen molar-refractivity contribution in [3.8, 4) is 0 Å². The highest BCUT2D eigenvalue weighted by molar-refractivity contribution is 6.30. The summed E-state index contributed by atoms with van der Waals surface area (Å²) in [6.45, 7) is 1.01. The molecule has 0 fully saturated rings. The van der Waals surface area contributed by atoms with Crippen LogP contribution in [0.2, 0.25) is 5.02 Å². The van der Waals surface area contributed by atoms with Crippen molar-refractivity contribution in [3.05, 3.63) is 77.1 Å². The van der Waals surface area contributed by atoms with Crippen LogP contribution in [0.1, 0.15) is 21.8 Å². The third-order valence-corrected chi connectivity index (χ3v) is 3.73. The quantitative estimate of drug-likeness (QED) is 0.679. The molecule has 0 radical (unpaired) electrons. The second-order valence-electron chi connectivity index (χ2n) is 5.36. The van der Waals surface area contributed by atoms with E-state index in [1.165, 1.54) is 6.20 Å². The highest BCUT2D eigenvalue weighted by Gasteiger charge is 2.08. The van der Waals surface area contributed by atoms with Crippen molar-refractivity contribution in [1.82, 2.24) is 15.3 Å². The molecule has 1 amide bonds. The van der Waals surface area contributed by atoms with Gasteiger partial charge in [0.2, 0.25) is 0 Å². The summed E-state index contributed by atoms with van der Waals surface area (Å²) in [5.74, 6) is 1.000. The first-order valence-corrected chi connectivity index (χ1v) is 8.19. The van der Waals surface area contributed by atoms with E-state index in [9.17, 15) is 4.79 Å². The van der Waals surface area contributed by atoms with Crippen LogP contribution >= 0.6 is 11.6 Å². The van der Waals surface area contributed by atoms with Crippen LogP contribution < -0.4 is 10.6 Å². The summed E-state index contributed by atoms with van der Waals surface area (Å²) in [5, 5.41) is 6.62. The minimum atomic E-state index is -0.297. The van der Waals surface area contributed by atoms with E-state index in [2.05, 4.69) is 20.6 Å². The summed E-state index contributed by atoms with van der Waals surface area (Å²) < 4.78 is 5.16. The summed E-state index contributed by atoms with van der Waals surface area (Å²) in [6, 6.07) is 11.3. The van der Waals surface area contributed by atoms with Gasteiger partial charge >= 0.3 is 0 Å². The van der Waals surface area contributed by atoms with Crippen molar-refractivity contribution in [2.45, 2.75) is 13.0 Å². The van der Waals surface area contributed by atoms with E-state index in [-0.39, 0.29) is 11.6 Å². The first kappa shape index (κ1) is 17.0. The van der Waals surface area contributed by atoms with Crippen LogP contribution in [0.25, 0.3) is 0 Å². The van der Waals surface area contributed by atoms with E-state index in [1.54, 1.807) is 24.6 Å². The van der Waals surface area contributed by atoms with E-state index in [1.807, 2.05) is 24.3 Å². The van der Waals surface area contributed by atoms with Gasteiger partial charge in [-0.05, 0) is 36.2 Å². The van der Waals surface area contributed by atoms with Crippen LogP contribution in [0.5, 0.6) is 0 Å². The molecule has 0 aliphatic heterocycles. The summed E-state index contributed by atoms with van der Waals surface area (Å²) >= 11 is 5.96. The molecular formula is C18H17ClN4O2. The smallest absolute Gasteiger partial charge is 0.271 e. The van der Waals surface area contributed by atoms with Crippen molar-refractivity contribution < 1.29 is 9.21 Å². The van der Waals surface area contributed by atoms with Crippen molar-refractivity contribution in [2.24, 2.45) is 0 Å². The Hall–Kier alpha value is -2.86. The third-order valence-electron chi connectivity index (χ3n) is 3.50. The maximum Gasteiger partial charge on any atom is 0.271 e. The fourth-order valence-electron chi connectivity index (χ4n) is 2.24. The number of nitrogens with zero attached hydrogens (tertiary/aromatic N) is 2. The molecule has 128 valence electrons. The molecule has 0 bridgehead atoms. The zero-order valence-electron chi connectivity index (χ0n) is 13.4. The molecule has 3 aromatic rings. The second kappa shape index (κ2) is 8.30. The number of rotatable bonds is 7. The van der Waals surface area contributed by atoms with Gasteiger partial charge in [-0.15, -0.1) is 0 Å². The van der Waals surface area contributed by atoms with Crippen LogP contribution in [0.3, 0.4) is 0 Å². The van der Waals surface area contributed by atoms with E-state index in [0.29, 0.717) is 24.7 Å². The first-order chi connectivity index (χ1) is 12.2. The standard InChI is InChI=1S/C18H17ClN4O2/c19-14-4-1-3-13(9-14)6-7-20-17-12-21-16(11-22-17)18(24)23-10-15-5-2-8-25-15/h1-5,8-9,11-12H,6-7,10H2,(H,20,22)(H,23,24). The lowest BCUT2D eigenvalue weighted by Crippen LogP contribution is -2.23. The number of amides is 1. The van der Waals surface area contributed by atoms with E-state index < -0.39 is 0 Å². The maximum atomic E-state index is 12.0. The van der Waals surface area contributed by atoms with E-state index in [4.69, 9.17) is 16.0 Å². The van der Waals surface area contributed by atoms with Gasteiger partial charge in [0.15, 0.2) is 0 Å². The molecule has 0 aliphatic rings. The minimum absolute atomic E-state index is 0.256. The highest BCUT2D eigenvalue weighted by atomic mass is 35.5. The summed E-state index contributed by atoms with van der Waals surface area (Å²) in [4.78, 5) is 20.3. The first-order valence-electron chi connectivity index (χ1n) is 7.81. The number of hydrogen-bond donors (Lipinski definition) is 2. The van der Waals surface area contributed by atoms with E-state index in [0.717, 1.165) is 17.0 Å². The molecule has 0 saturated carbocycles. The molecule has 2 aromatic heterocycles. The number of carbonyl (C=O) groups is 1. The van der Waals surface area contributed by atoms with Crippen molar-refractivity contribution >= 4 is 23.3 Å². The normalized spacial score (nSPS) is 10.4. The van der Waals surface area contributed by atoms with Crippen LogP contribution in [0.15, 0.2) is 59.5 Å². The third kappa shape index (κ3) is 5.06. The van der Waals surface area contributed by atoms with Gasteiger partial charge in [-0.3, -0.25) is 4.79 Å². The lowest BCUT2D eigenvalue weighted by atomic mass is 10.1. The maximum absolute atomic E-state index is 12.0. The molecular weight excluding hydrogens is 340 g/mol. The van der Waals surface area contributed by atoms with Gasteiger partial charge in [-0.25, -0.2) is 9.97 Å². The Morgan fingerprint density at radius 2 is 2.08 bits per heavy atom. The Kier molecular flexibility index (Phi) is 5.64. The number of anilines is 1. The van der Waals surface area contributed by atoms with Gasteiger partial charge in [0.05, 0.1) is 25.2 Å². The molecule has 2 heterocycles. The summed E-state index contributed by atoms with van der Waals surface area (Å²) in [5.41, 5.74) is 1.40. The Balaban J connectivity index is 1.47. The second-order valence-corrected chi connectivity index (χ2v) is 5.79. The molecule has 25 heavy (non-hydrogen) atoms. The molecule has 0 atom stereocenters. The zero-order valence-corrected chi connectivity index (χ0v) is 14.2. The number of aromatic nitrogens is 2. The summed E-state index contributed by atoms with van der Waals surface area (Å²) in [6.07, 6.45) is 5.36. The lowest BCUT2D eigenvalue weighted by Gasteiger charge is -2.07. The Morgan fingerprint density at radius 3 is 2.80 bits per heavy atom. The van der Waals surface area contributed by atoms with Crippen LogP contribution in [0, 0.1) is 0 Å². The van der Waals surface area contributed by atoms with Crippen LogP contribution in [-0.4, -0.2) is 22.4 Å². The van der Waals surface area contributed by atoms with Crippen molar-refractivity contribution in [1.29, 1.82) is 0 Å². The van der Waals surface area contributed by atoms with Gasteiger partial charge in [0.25, 0.3) is 5.91 Å². The lowest BCUT2D eigenvalue weighted by molar-refractivity contribution is 0.0942. The number of hydrogen-bond acceptors (Lipinski definition) is 5. The Labute approximate surface area is 150 Å². The fraction of sp³-hybridized carbons (Fsp3) is 0.167. The minimum Gasteiger partial charge on any atom is -0.467 e. The van der Waals surface area contributed by atoms with Gasteiger partial charge in [-0.1, -0.05) is 23.7 Å². The van der Waals surface area contributed by atoms with Gasteiger partial charge in [0.1, 0.15) is 17.3 Å². The average Bonchev–Trinajstić information content (AvgIpc) is 3.14.